The molecule has 1 N–H and O–H groups in total. The predicted molar refractivity (Wildman–Crippen MR) is 102 cm³/mol. The first-order valence-electron chi connectivity index (χ1n) is 9.01. The van der Waals surface area contributed by atoms with E-state index in [4.69, 9.17) is 26.2 Å². The highest BCUT2D eigenvalue weighted by molar-refractivity contribution is 6.29. The molecule has 1 aromatic carbocycles. The zero-order valence-electron chi connectivity index (χ0n) is 15.3. The smallest absolute Gasteiger partial charge is 0.303 e. The van der Waals surface area contributed by atoms with E-state index in [1.807, 2.05) is 10.7 Å². The van der Waals surface area contributed by atoms with E-state index in [-0.39, 0.29) is 29.6 Å². The Kier molecular flexibility index (Phi) is 5.15. The topological polar surface area (TPSA) is 99.4 Å². The molecule has 1 atom stereocenters. The number of nitrogens with zero attached hydrogens (tertiary/aromatic N) is 4. The number of phenols is 1. The van der Waals surface area contributed by atoms with E-state index in [0.717, 1.165) is 30.2 Å². The largest absolute Gasteiger partial charge is 0.508 e. The fourth-order valence-electron chi connectivity index (χ4n) is 3.27. The van der Waals surface area contributed by atoms with Gasteiger partial charge in [-0.1, -0.05) is 11.6 Å². The van der Waals surface area contributed by atoms with Gasteiger partial charge in [-0.3, -0.25) is 4.79 Å². The van der Waals surface area contributed by atoms with E-state index in [1.165, 1.54) is 6.92 Å². The molecule has 1 aliphatic rings. The molecule has 0 aliphatic carbocycles. The Morgan fingerprint density at radius 1 is 1.36 bits per heavy atom. The molecule has 0 amide bonds. The quantitative estimate of drug-likeness (QED) is 0.525. The molecule has 0 radical (unpaired) electrons. The van der Waals surface area contributed by atoms with E-state index >= 15 is 0 Å². The lowest BCUT2D eigenvalue weighted by molar-refractivity contribution is -0.142. The normalized spacial score (nSPS) is 17.0. The van der Waals surface area contributed by atoms with Crippen LogP contribution in [0.1, 0.15) is 38.2 Å². The molecule has 28 heavy (non-hydrogen) atoms. The highest BCUT2D eigenvalue weighted by Crippen LogP contribution is 2.34. The van der Waals surface area contributed by atoms with Gasteiger partial charge in [0.05, 0.1) is 11.2 Å². The van der Waals surface area contributed by atoms with E-state index in [9.17, 15) is 9.90 Å². The third kappa shape index (κ3) is 3.79. The van der Waals surface area contributed by atoms with Crippen molar-refractivity contribution in [3.63, 3.8) is 0 Å². The van der Waals surface area contributed by atoms with Crippen LogP contribution in [0.25, 0.3) is 22.3 Å². The molecule has 1 aliphatic heterocycles. The van der Waals surface area contributed by atoms with Gasteiger partial charge in [0.15, 0.2) is 18.7 Å². The summed E-state index contributed by atoms with van der Waals surface area (Å²) in [6.07, 6.45) is 2.78. The fourth-order valence-corrected chi connectivity index (χ4v) is 3.47. The first-order valence-corrected chi connectivity index (χ1v) is 9.39. The minimum atomic E-state index is -0.431. The third-order valence-electron chi connectivity index (χ3n) is 4.51. The van der Waals surface area contributed by atoms with Crippen molar-refractivity contribution < 1.29 is 19.4 Å². The van der Waals surface area contributed by atoms with Crippen LogP contribution >= 0.6 is 11.6 Å². The molecule has 146 valence electrons. The van der Waals surface area contributed by atoms with Crippen LogP contribution in [0.2, 0.25) is 5.15 Å². The Hall–Kier alpha value is -2.71. The van der Waals surface area contributed by atoms with Gasteiger partial charge in [0.1, 0.15) is 16.6 Å². The van der Waals surface area contributed by atoms with Gasteiger partial charge in [-0.15, -0.1) is 0 Å². The number of fused-ring (bicyclic) bond motifs is 1. The van der Waals surface area contributed by atoms with Crippen LogP contribution in [0.15, 0.2) is 24.3 Å². The van der Waals surface area contributed by atoms with Crippen molar-refractivity contribution in [1.29, 1.82) is 0 Å². The summed E-state index contributed by atoms with van der Waals surface area (Å²) in [5, 5.41) is 15.7. The number of carbonyl (C=O) groups is 1. The zero-order valence-corrected chi connectivity index (χ0v) is 16.0. The number of esters is 1. The highest BCUT2D eigenvalue weighted by Gasteiger charge is 2.23. The van der Waals surface area contributed by atoms with Crippen LogP contribution in [-0.4, -0.2) is 37.4 Å². The van der Waals surface area contributed by atoms with Crippen molar-refractivity contribution >= 4 is 28.5 Å². The van der Waals surface area contributed by atoms with Gasteiger partial charge < -0.3 is 14.6 Å². The van der Waals surface area contributed by atoms with E-state index < -0.39 is 5.97 Å². The molecule has 4 rings (SSSR count). The van der Waals surface area contributed by atoms with Crippen LogP contribution in [0, 0.1) is 0 Å². The molecule has 1 unspecified atom stereocenters. The first-order chi connectivity index (χ1) is 13.5. The standard InChI is InChI=1S/C19H19ClN4O4/c1-11(25)28-10-17-21-14(9-16(20)22-17)19-13-8-12(26)5-6-15(13)24(23-19)18-4-2-3-7-27-18/h5-6,8-9,18,26H,2-4,7,10H2,1H3. The summed E-state index contributed by atoms with van der Waals surface area (Å²) in [5.41, 5.74) is 1.86. The number of benzene rings is 1. The minimum Gasteiger partial charge on any atom is -0.508 e. The van der Waals surface area contributed by atoms with Crippen LogP contribution in [-0.2, 0) is 20.9 Å². The van der Waals surface area contributed by atoms with Crippen molar-refractivity contribution in [2.24, 2.45) is 0 Å². The predicted octanol–water partition coefficient (Wildman–Crippen LogP) is 3.61. The molecule has 9 heteroatoms. The molecule has 3 aromatic rings. The number of aromatic hydroxyl groups is 1. The molecule has 0 spiro atoms. The van der Waals surface area contributed by atoms with Crippen LogP contribution in [0.3, 0.4) is 0 Å². The van der Waals surface area contributed by atoms with Crippen LogP contribution in [0.5, 0.6) is 5.75 Å². The van der Waals surface area contributed by atoms with Gasteiger partial charge in [0.2, 0.25) is 0 Å². The summed E-state index contributed by atoms with van der Waals surface area (Å²) in [6.45, 7) is 1.91. The lowest BCUT2D eigenvalue weighted by Gasteiger charge is -2.23. The molecule has 3 heterocycles. The number of hydrogen-bond donors (Lipinski definition) is 1. The number of phenolic OH excluding ortho intramolecular Hbond substituents is 1. The molecule has 1 saturated heterocycles. The number of ether oxygens (including phenoxy) is 2. The second kappa shape index (κ2) is 7.73. The van der Waals surface area contributed by atoms with Crippen LogP contribution < -0.4 is 0 Å². The average molecular weight is 403 g/mol. The Morgan fingerprint density at radius 2 is 2.21 bits per heavy atom. The lowest BCUT2D eigenvalue weighted by Crippen LogP contribution is -2.19. The summed E-state index contributed by atoms with van der Waals surface area (Å²) >= 11 is 6.15. The van der Waals surface area contributed by atoms with Crippen molar-refractivity contribution in [3.05, 3.63) is 35.2 Å². The van der Waals surface area contributed by atoms with Gasteiger partial charge in [-0.25, -0.2) is 14.6 Å². The molecular weight excluding hydrogens is 384 g/mol. The average Bonchev–Trinajstić information content (AvgIpc) is 3.05. The van der Waals surface area contributed by atoms with E-state index in [1.54, 1.807) is 18.2 Å². The van der Waals surface area contributed by atoms with Gasteiger partial charge in [0.25, 0.3) is 0 Å². The molecular formula is C19H19ClN4O4. The Bertz CT molecular complexity index is 1030. The van der Waals surface area contributed by atoms with Gasteiger partial charge in [0, 0.05) is 25.0 Å². The Morgan fingerprint density at radius 3 is 2.96 bits per heavy atom. The SMILES string of the molecule is CC(=O)OCc1nc(Cl)cc(-c2nn(C3CCCCO3)c3ccc(O)cc23)n1. The summed E-state index contributed by atoms with van der Waals surface area (Å²) < 4.78 is 12.7. The zero-order chi connectivity index (χ0) is 19.7. The highest BCUT2D eigenvalue weighted by atomic mass is 35.5. The number of rotatable bonds is 4. The minimum absolute atomic E-state index is 0.0848. The molecule has 0 saturated carbocycles. The Balaban J connectivity index is 1.82. The lowest BCUT2D eigenvalue weighted by atomic mass is 10.1. The monoisotopic (exact) mass is 402 g/mol. The fraction of sp³-hybridized carbons (Fsp3) is 0.368. The molecule has 1 fully saturated rings. The molecule has 0 bridgehead atoms. The van der Waals surface area contributed by atoms with Crippen molar-refractivity contribution in [2.75, 3.05) is 6.61 Å². The van der Waals surface area contributed by atoms with Gasteiger partial charge in [-0.2, -0.15) is 5.10 Å². The maximum atomic E-state index is 11.1. The third-order valence-corrected chi connectivity index (χ3v) is 4.70. The molecule has 2 aromatic heterocycles. The first kappa shape index (κ1) is 18.6. The summed E-state index contributed by atoms with van der Waals surface area (Å²) in [6, 6.07) is 6.66. The number of carbonyl (C=O) groups excluding carboxylic acids is 1. The number of aromatic nitrogens is 4. The second-order valence-electron chi connectivity index (χ2n) is 6.59. The van der Waals surface area contributed by atoms with E-state index in [0.29, 0.717) is 18.0 Å². The maximum Gasteiger partial charge on any atom is 0.303 e. The Labute approximate surface area is 166 Å². The number of halogens is 1. The van der Waals surface area contributed by atoms with Crippen molar-refractivity contribution in [1.82, 2.24) is 19.7 Å². The summed E-state index contributed by atoms with van der Waals surface area (Å²) in [7, 11) is 0. The van der Waals surface area contributed by atoms with Crippen molar-refractivity contribution in [3.8, 4) is 17.1 Å². The summed E-state index contributed by atoms with van der Waals surface area (Å²) in [4.78, 5) is 19.6. The van der Waals surface area contributed by atoms with Crippen molar-refractivity contribution in [2.45, 2.75) is 39.0 Å². The second-order valence-corrected chi connectivity index (χ2v) is 6.98. The van der Waals surface area contributed by atoms with Crippen LogP contribution in [0.4, 0.5) is 0 Å². The molecule has 8 nitrogen and oxygen atoms in total. The maximum absolute atomic E-state index is 11.1. The summed E-state index contributed by atoms with van der Waals surface area (Å²) in [5.74, 6) is -0.0353. The van der Waals surface area contributed by atoms with Gasteiger partial charge in [-0.05, 0) is 37.5 Å². The van der Waals surface area contributed by atoms with E-state index in [2.05, 4.69) is 9.97 Å². The van der Waals surface area contributed by atoms with Gasteiger partial charge >= 0.3 is 5.97 Å². The number of hydrogen-bond acceptors (Lipinski definition) is 7.